The van der Waals surface area contributed by atoms with E-state index in [1.165, 1.54) is 12.8 Å². The van der Waals surface area contributed by atoms with E-state index in [9.17, 15) is 4.79 Å². The van der Waals surface area contributed by atoms with Crippen LogP contribution in [0.2, 0.25) is 0 Å². The monoisotopic (exact) mass is 225 g/mol. The van der Waals surface area contributed by atoms with Crippen molar-refractivity contribution in [3.05, 3.63) is 0 Å². The van der Waals surface area contributed by atoms with Gasteiger partial charge in [-0.15, -0.1) is 0 Å². The zero-order valence-electron chi connectivity index (χ0n) is 9.85. The lowest BCUT2D eigenvalue weighted by Gasteiger charge is -2.28. The van der Waals surface area contributed by atoms with Crippen molar-refractivity contribution in [2.75, 3.05) is 20.3 Å². The van der Waals surface area contributed by atoms with Gasteiger partial charge < -0.3 is 15.4 Å². The van der Waals surface area contributed by atoms with E-state index >= 15 is 0 Å². The van der Waals surface area contributed by atoms with Gasteiger partial charge in [-0.3, -0.25) is 0 Å². The number of rotatable bonds is 5. The van der Waals surface area contributed by atoms with Crippen LogP contribution in [0.5, 0.6) is 0 Å². The highest BCUT2D eigenvalue weighted by atomic mass is 16.5. The summed E-state index contributed by atoms with van der Waals surface area (Å²) >= 11 is 0. The van der Waals surface area contributed by atoms with Crippen LogP contribution in [0.1, 0.15) is 19.8 Å². The first-order valence-corrected chi connectivity index (χ1v) is 5.77. The van der Waals surface area contributed by atoms with E-state index in [0.29, 0.717) is 18.4 Å². The van der Waals surface area contributed by atoms with Crippen molar-refractivity contribution >= 4 is 11.9 Å². The topological polar surface area (TPSA) is 67.9 Å². The number of amidine groups is 1. The van der Waals surface area contributed by atoms with Crippen LogP contribution in [-0.2, 0) is 4.74 Å². The molecule has 5 nitrogen and oxygen atoms in total. The summed E-state index contributed by atoms with van der Waals surface area (Å²) < 4.78 is 5.12. The van der Waals surface area contributed by atoms with Crippen LogP contribution in [0, 0.1) is 11.8 Å². The van der Waals surface area contributed by atoms with Crippen molar-refractivity contribution in [3.8, 4) is 0 Å². The third kappa shape index (κ3) is 2.19. The Bertz CT molecular complexity index is 312. The maximum atomic E-state index is 11.7. The predicted molar refractivity (Wildman–Crippen MR) is 61.3 cm³/mol. The van der Waals surface area contributed by atoms with E-state index in [0.717, 1.165) is 6.54 Å². The number of carbonyl (C=O) groups is 1. The van der Waals surface area contributed by atoms with Crippen LogP contribution < -0.4 is 5.73 Å². The lowest BCUT2D eigenvalue weighted by molar-refractivity contribution is 0.122. The van der Waals surface area contributed by atoms with Gasteiger partial charge in [0, 0.05) is 19.6 Å². The number of ether oxygens (including phenoxy) is 1. The maximum absolute atomic E-state index is 11.7. The average molecular weight is 225 g/mol. The standard InChI is InChI=1S/C11H19N3O2/c1-7(6-16-2)9-10(12)13-11(15)14(9)5-8-3-4-8/h7-9H,3-6H2,1-2H3,(H2,12,13,15). The van der Waals surface area contributed by atoms with Crippen LogP contribution in [0.4, 0.5) is 4.79 Å². The highest BCUT2D eigenvalue weighted by molar-refractivity contribution is 6.03. The van der Waals surface area contributed by atoms with Crippen LogP contribution in [0.25, 0.3) is 0 Å². The van der Waals surface area contributed by atoms with Gasteiger partial charge in [-0.2, -0.15) is 4.99 Å². The minimum Gasteiger partial charge on any atom is -0.385 e. The number of carbonyl (C=O) groups excluding carboxylic acids is 1. The smallest absolute Gasteiger partial charge is 0.345 e. The number of urea groups is 1. The molecule has 0 aromatic carbocycles. The highest BCUT2D eigenvalue weighted by Crippen LogP contribution is 2.32. The van der Waals surface area contributed by atoms with Gasteiger partial charge in [0.25, 0.3) is 0 Å². The fourth-order valence-corrected chi connectivity index (χ4v) is 2.24. The second-order valence-electron chi connectivity index (χ2n) is 4.79. The summed E-state index contributed by atoms with van der Waals surface area (Å²) in [6.45, 7) is 3.42. The Kier molecular flexibility index (Phi) is 3.14. The Morgan fingerprint density at radius 2 is 2.31 bits per heavy atom. The summed E-state index contributed by atoms with van der Waals surface area (Å²) in [5.41, 5.74) is 5.82. The Morgan fingerprint density at radius 3 is 2.88 bits per heavy atom. The zero-order valence-corrected chi connectivity index (χ0v) is 9.85. The molecule has 0 saturated heterocycles. The minimum atomic E-state index is -0.183. The normalized spacial score (nSPS) is 27.1. The Labute approximate surface area is 95.6 Å². The molecular formula is C11H19N3O2. The predicted octanol–water partition coefficient (Wildman–Crippen LogP) is 0.840. The van der Waals surface area contributed by atoms with Crippen molar-refractivity contribution in [2.45, 2.75) is 25.8 Å². The summed E-state index contributed by atoms with van der Waals surface area (Å²) in [5.74, 6) is 1.29. The van der Waals surface area contributed by atoms with Crippen molar-refractivity contribution in [2.24, 2.45) is 22.6 Å². The molecule has 0 spiro atoms. The van der Waals surface area contributed by atoms with E-state index < -0.39 is 0 Å². The summed E-state index contributed by atoms with van der Waals surface area (Å²) in [4.78, 5) is 17.3. The number of hydrogen-bond donors (Lipinski definition) is 1. The molecule has 1 heterocycles. The first-order valence-electron chi connectivity index (χ1n) is 5.77. The molecule has 2 rings (SSSR count). The van der Waals surface area contributed by atoms with E-state index in [-0.39, 0.29) is 18.0 Å². The third-order valence-corrected chi connectivity index (χ3v) is 3.23. The van der Waals surface area contributed by atoms with Gasteiger partial charge in [-0.25, -0.2) is 4.79 Å². The van der Waals surface area contributed by atoms with Crippen LogP contribution in [0.3, 0.4) is 0 Å². The van der Waals surface area contributed by atoms with Crippen molar-refractivity contribution in [1.82, 2.24) is 4.90 Å². The molecule has 2 N–H and O–H groups in total. The highest BCUT2D eigenvalue weighted by Gasteiger charge is 2.39. The van der Waals surface area contributed by atoms with Crippen LogP contribution >= 0.6 is 0 Å². The van der Waals surface area contributed by atoms with Crippen molar-refractivity contribution in [1.29, 1.82) is 0 Å². The first kappa shape index (κ1) is 11.4. The Morgan fingerprint density at radius 1 is 1.62 bits per heavy atom. The zero-order chi connectivity index (χ0) is 11.7. The molecule has 1 fully saturated rings. The molecule has 0 aromatic heterocycles. The number of aliphatic imine (C=N–C) groups is 1. The molecular weight excluding hydrogens is 206 g/mol. The minimum absolute atomic E-state index is 0.0759. The Hall–Kier alpha value is -1.10. The van der Waals surface area contributed by atoms with E-state index in [2.05, 4.69) is 4.99 Å². The first-order chi connectivity index (χ1) is 7.63. The average Bonchev–Trinajstić information content (AvgIpc) is 2.95. The molecule has 1 saturated carbocycles. The molecule has 2 aliphatic rings. The second-order valence-corrected chi connectivity index (χ2v) is 4.79. The fourth-order valence-electron chi connectivity index (χ4n) is 2.24. The Balaban J connectivity index is 2.05. The molecule has 1 aliphatic carbocycles. The van der Waals surface area contributed by atoms with Gasteiger partial charge in [0.15, 0.2) is 0 Å². The van der Waals surface area contributed by atoms with E-state index in [1.807, 2.05) is 6.92 Å². The largest absolute Gasteiger partial charge is 0.385 e. The number of methoxy groups -OCH3 is 1. The molecule has 1 aliphatic heterocycles. The number of hydrogen-bond acceptors (Lipinski definition) is 3. The summed E-state index contributed by atoms with van der Waals surface area (Å²) in [5, 5.41) is 0. The van der Waals surface area contributed by atoms with Crippen molar-refractivity contribution < 1.29 is 9.53 Å². The molecule has 90 valence electrons. The quantitative estimate of drug-likeness (QED) is 0.754. The molecule has 16 heavy (non-hydrogen) atoms. The summed E-state index contributed by atoms with van der Waals surface area (Å²) in [6.07, 6.45) is 2.43. The van der Waals surface area contributed by atoms with Crippen molar-refractivity contribution in [3.63, 3.8) is 0 Å². The SMILES string of the molecule is COCC(C)C1C(N)=NC(=O)N1CC1CC1. The van der Waals surface area contributed by atoms with Gasteiger partial charge in [0.2, 0.25) is 0 Å². The van der Waals surface area contributed by atoms with Gasteiger partial charge in [-0.05, 0) is 18.8 Å². The number of nitrogens with zero attached hydrogens (tertiary/aromatic N) is 2. The molecule has 0 bridgehead atoms. The molecule has 0 aromatic rings. The maximum Gasteiger partial charge on any atom is 0.345 e. The third-order valence-electron chi connectivity index (χ3n) is 3.23. The van der Waals surface area contributed by atoms with E-state index in [4.69, 9.17) is 10.5 Å². The second kappa shape index (κ2) is 4.41. The molecule has 0 radical (unpaired) electrons. The van der Waals surface area contributed by atoms with Gasteiger partial charge >= 0.3 is 6.03 Å². The van der Waals surface area contributed by atoms with Crippen LogP contribution in [-0.4, -0.2) is 43.1 Å². The van der Waals surface area contributed by atoms with E-state index in [1.54, 1.807) is 12.0 Å². The van der Waals surface area contributed by atoms with Crippen LogP contribution in [0.15, 0.2) is 4.99 Å². The number of nitrogens with two attached hydrogens (primary N) is 1. The lowest BCUT2D eigenvalue weighted by Crippen LogP contribution is -2.46. The molecule has 5 heteroatoms. The summed E-state index contributed by atoms with van der Waals surface area (Å²) in [7, 11) is 1.66. The summed E-state index contributed by atoms with van der Waals surface area (Å²) in [6, 6.07) is -0.259. The number of amides is 2. The van der Waals surface area contributed by atoms with Gasteiger partial charge in [-0.1, -0.05) is 6.92 Å². The molecule has 2 amide bonds. The fraction of sp³-hybridized carbons (Fsp3) is 0.818. The molecule has 2 atom stereocenters. The lowest BCUT2D eigenvalue weighted by atomic mass is 10.0. The van der Waals surface area contributed by atoms with Gasteiger partial charge in [0.1, 0.15) is 5.84 Å². The molecule has 2 unspecified atom stereocenters. The van der Waals surface area contributed by atoms with Gasteiger partial charge in [0.05, 0.1) is 12.6 Å².